The molecule has 9 heteroatoms. The first-order valence-corrected chi connectivity index (χ1v) is 5.12. The minimum atomic E-state index is -5.93. The number of hydrogen-bond acceptors (Lipinski definition) is 3. The van der Waals surface area contributed by atoms with E-state index in [0.717, 1.165) is 0 Å². The van der Waals surface area contributed by atoms with Gasteiger partial charge in [0.15, 0.2) is 6.29 Å². The molecule has 108 valence electrons. The highest BCUT2D eigenvalue weighted by atomic mass is 19.4. The van der Waals surface area contributed by atoms with Gasteiger partial charge in [-0.2, -0.15) is 22.0 Å². The summed E-state index contributed by atoms with van der Waals surface area (Å²) < 4.78 is 70.3. The third kappa shape index (κ3) is 4.73. The maximum Gasteiger partial charge on any atom is 0.463 e. The number of ether oxygens (including phenoxy) is 2. The minimum Gasteiger partial charge on any atom is -0.351 e. The van der Waals surface area contributed by atoms with E-state index in [4.69, 9.17) is 9.47 Å². The predicted molar refractivity (Wildman–Crippen MR) is 51.1 cm³/mol. The summed E-state index contributed by atoms with van der Waals surface area (Å²) in [5, 5.41) is 1.44. The van der Waals surface area contributed by atoms with E-state index in [-0.39, 0.29) is 13.2 Å². The smallest absolute Gasteiger partial charge is 0.351 e. The lowest BCUT2D eigenvalue weighted by molar-refractivity contribution is -0.270. The molecule has 0 aromatic carbocycles. The predicted octanol–water partition coefficient (Wildman–Crippen LogP) is 1.70. The minimum absolute atomic E-state index is 0.163. The van der Waals surface area contributed by atoms with Crippen LogP contribution < -0.4 is 5.32 Å². The standard InChI is InChI=1S/C9H14F5NO3/c1-3-17-6(18-4-2)5-15-7(16)8(10,11)9(12,13)14/h6H,3-5H2,1-2H3,(H,15,16). The highest BCUT2D eigenvalue weighted by molar-refractivity contribution is 5.84. The maximum absolute atomic E-state index is 12.5. The van der Waals surface area contributed by atoms with E-state index < -0.39 is 30.8 Å². The Kier molecular flexibility index (Phi) is 6.47. The van der Waals surface area contributed by atoms with Gasteiger partial charge in [-0.05, 0) is 13.8 Å². The fraction of sp³-hybridized carbons (Fsp3) is 0.889. The molecule has 0 rings (SSSR count). The van der Waals surface area contributed by atoms with E-state index in [2.05, 4.69) is 0 Å². The zero-order chi connectivity index (χ0) is 14.4. The molecule has 0 radical (unpaired) electrons. The SMILES string of the molecule is CCOC(CNC(=O)C(F)(F)C(F)(F)F)OCC. The van der Waals surface area contributed by atoms with Gasteiger partial charge >= 0.3 is 18.0 Å². The van der Waals surface area contributed by atoms with Crippen molar-refractivity contribution in [1.29, 1.82) is 0 Å². The lowest BCUT2D eigenvalue weighted by atomic mass is 10.3. The van der Waals surface area contributed by atoms with Crippen LogP contribution in [0.4, 0.5) is 22.0 Å². The summed E-state index contributed by atoms with van der Waals surface area (Å²) in [6, 6.07) is 0. The number of halogens is 5. The molecule has 18 heavy (non-hydrogen) atoms. The lowest BCUT2D eigenvalue weighted by Gasteiger charge is -2.21. The molecule has 0 saturated carbocycles. The van der Waals surface area contributed by atoms with Gasteiger partial charge in [0.2, 0.25) is 0 Å². The Balaban J connectivity index is 4.39. The van der Waals surface area contributed by atoms with Crippen LogP contribution in [0.25, 0.3) is 0 Å². The van der Waals surface area contributed by atoms with Crippen LogP contribution in [0.15, 0.2) is 0 Å². The number of amides is 1. The molecule has 0 aromatic heterocycles. The largest absolute Gasteiger partial charge is 0.463 e. The molecule has 1 N–H and O–H groups in total. The van der Waals surface area contributed by atoms with E-state index in [1.54, 1.807) is 13.8 Å². The third-order valence-corrected chi connectivity index (χ3v) is 1.78. The van der Waals surface area contributed by atoms with Crippen LogP contribution >= 0.6 is 0 Å². The van der Waals surface area contributed by atoms with Gasteiger partial charge in [-0.3, -0.25) is 4.79 Å². The molecule has 0 saturated heterocycles. The number of rotatable bonds is 7. The molecule has 0 heterocycles. The number of nitrogens with one attached hydrogen (secondary N) is 1. The zero-order valence-corrected chi connectivity index (χ0v) is 9.81. The van der Waals surface area contributed by atoms with Gasteiger partial charge in [-0.15, -0.1) is 0 Å². The summed E-state index contributed by atoms with van der Waals surface area (Å²) in [6.07, 6.45) is -6.99. The van der Waals surface area contributed by atoms with Crippen molar-refractivity contribution in [2.75, 3.05) is 19.8 Å². The van der Waals surface area contributed by atoms with Gasteiger partial charge in [-0.25, -0.2) is 0 Å². The Morgan fingerprint density at radius 2 is 1.56 bits per heavy atom. The van der Waals surface area contributed by atoms with Gasteiger partial charge in [0.25, 0.3) is 0 Å². The van der Waals surface area contributed by atoms with Crippen molar-refractivity contribution >= 4 is 5.91 Å². The lowest BCUT2D eigenvalue weighted by Crippen LogP contribution is -2.52. The second-order valence-electron chi connectivity index (χ2n) is 3.12. The first-order chi connectivity index (χ1) is 8.16. The average Bonchev–Trinajstić information content (AvgIpc) is 2.24. The fourth-order valence-corrected chi connectivity index (χ4v) is 0.954. The van der Waals surface area contributed by atoms with Gasteiger partial charge in [0.1, 0.15) is 0 Å². The summed E-state index contributed by atoms with van der Waals surface area (Å²) in [4.78, 5) is 10.7. The van der Waals surface area contributed by atoms with Crippen LogP contribution in [0.1, 0.15) is 13.8 Å². The highest BCUT2D eigenvalue weighted by Crippen LogP contribution is 2.35. The van der Waals surface area contributed by atoms with Crippen LogP contribution in [0.5, 0.6) is 0 Å². The topological polar surface area (TPSA) is 47.6 Å². The molecule has 0 aliphatic rings. The molecule has 1 amide bonds. The second kappa shape index (κ2) is 6.83. The molecule has 0 aliphatic heterocycles. The molecule has 0 unspecified atom stereocenters. The molecular formula is C9H14F5NO3. The maximum atomic E-state index is 12.5. The Morgan fingerprint density at radius 1 is 1.11 bits per heavy atom. The van der Waals surface area contributed by atoms with Crippen molar-refractivity contribution in [2.45, 2.75) is 32.2 Å². The van der Waals surface area contributed by atoms with Gasteiger partial charge in [0, 0.05) is 13.2 Å². The Bertz CT molecular complexity index is 263. The third-order valence-electron chi connectivity index (χ3n) is 1.78. The van der Waals surface area contributed by atoms with Gasteiger partial charge in [-0.1, -0.05) is 0 Å². The molecule has 0 bridgehead atoms. The molecule has 0 atom stereocenters. The fourth-order valence-electron chi connectivity index (χ4n) is 0.954. The van der Waals surface area contributed by atoms with Crippen molar-refractivity contribution in [3.63, 3.8) is 0 Å². The Morgan fingerprint density at radius 3 is 1.89 bits per heavy atom. The molecule has 0 aliphatic carbocycles. The van der Waals surface area contributed by atoms with Crippen molar-refractivity contribution < 1.29 is 36.2 Å². The normalized spacial score (nSPS) is 12.9. The van der Waals surface area contributed by atoms with Crippen LogP contribution in [0.3, 0.4) is 0 Å². The summed E-state index contributed by atoms with van der Waals surface area (Å²) in [5.41, 5.74) is 0. The number of carbonyl (C=O) groups excluding carboxylic acids is 1. The summed E-state index contributed by atoms with van der Waals surface area (Å²) in [7, 11) is 0. The summed E-state index contributed by atoms with van der Waals surface area (Å²) in [6.45, 7) is 2.90. The van der Waals surface area contributed by atoms with Gasteiger partial charge < -0.3 is 14.8 Å². The number of hydrogen-bond donors (Lipinski definition) is 1. The molecule has 0 spiro atoms. The van der Waals surface area contributed by atoms with E-state index in [1.807, 2.05) is 0 Å². The monoisotopic (exact) mass is 279 g/mol. The van der Waals surface area contributed by atoms with Crippen molar-refractivity contribution in [2.24, 2.45) is 0 Å². The molecule has 0 fully saturated rings. The quantitative estimate of drug-likeness (QED) is 0.570. The van der Waals surface area contributed by atoms with E-state index in [9.17, 15) is 26.7 Å². The van der Waals surface area contributed by atoms with Crippen LogP contribution in [-0.2, 0) is 14.3 Å². The Labute approximate surface area is 100 Å². The number of carbonyl (C=O) groups is 1. The van der Waals surface area contributed by atoms with Crippen LogP contribution in [0.2, 0.25) is 0 Å². The highest BCUT2D eigenvalue weighted by Gasteiger charge is 2.63. The van der Waals surface area contributed by atoms with Gasteiger partial charge in [0.05, 0.1) is 6.54 Å². The van der Waals surface area contributed by atoms with Crippen molar-refractivity contribution in [3.05, 3.63) is 0 Å². The molecule has 4 nitrogen and oxygen atoms in total. The molecular weight excluding hydrogens is 265 g/mol. The van der Waals surface area contributed by atoms with E-state index >= 15 is 0 Å². The van der Waals surface area contributed by atoms with Crippen molar-refractivity contribution in [1.82, 2.24) is 5.32 Å². The van der Waals surface area contributed by atoms with Crippen molar-refractivity contribution in [3.8, 4) is 0 Å². The second-order valence-corrected chi connectivity index (χ2v) is 3.12. The molecule has 0 aromatic rings. The average molecular weight is 279 g/mol. The van der Waals surface area contributed by atoms with E-state index in [1.165, 1.54) is 5.32 Å². The zero-order valence-electron chi connectivity index (χ0n) is 9.81. The Hall–Kier alpha value is -0.960. The number of alkyl halides is 5. The summed E-state index contributed by atoms with van der Waals surface area (Å²) in [5.74, 6) is -7.87. The summed E-state index contributed by atoms with van der Waals surface area (Å²) >= 11 is 0. The first-order valence-electron chi connectivity index (χ1n) is 5.12. The van der Waals surface area contributed by atoms with E-state index in [0.29, 0.717) is 0 Å². The van der Waals surface area contributed by atoms with Crippen LogP contribution in [-0.4, -0.2) is 44.1 Å². The first kappa shape index (κ1) is 17.0. The van der Waals surface area contributed by atoms with Crippen LogP contribution in [0, 0.1) is 0 Å².